The Balaban J connectivity index is 2.38. The summed E-state index contributed by atoms with van der Waals surface area (Å²) in [5.74, 6) is 0.460. The quantitative estimate of drug-likeness (QED) is 0.601. The third-order valence-corrected chi connectivity index (χ3v) is 3.39. The Morgan fingerprint density at radius 3 is 2.33 bits per heavy atom. The Labute approximate surface area is 90.7 Å². The van der Waals surface area contributed by atoms with Crippen LogP contribution in [0.3, 0.4) is 0 Å². The average Bonchev–Trinajstić information content (AvgIpc) is 2.20. The van der Waals surface area contributed by atoms with Gasteiger partial charge in [0, 0.05) is 6.42 Å². The van der Waals surface area contributed by atoms with Crippen LogP contribution in [0.4, 0.5) is 0 Å². The summed E-state index contributed by atoms with van der Waals surface area (Å²) in [6.07, 6.45) is 4.55. The van der Waals surface area contributed by atoms with Crippen molar-refractivity contribution in [2.75, 3.05) is 13.2 Å². The maximum absolute atomic E-state index is 11.6. The molecule has 0 aromatic heterocycles. The third-order valence-electron chi connectivity index (χ3n) is 3.39. The lowest BCUT2D eigenvalue weighted by Gasteiger charge is -2.32. The van der Waals surface area contributed by atoms with E-state index in [0.29, 0.717) is 18.8 Å². The number of nitrogens with one attached hydrogen (secondary N) is 1. The largest absolute Gasteiger partial charge is 0.394 e. The maximum atomic E-state index is 11.6. The minimum Gasteiger partial charge on any atom is -0.394 e. The van der Waals surface area contributed by atoms with Crippen LogP contribution in [-0.4, -0.2) is 34.9 Å². The smallest absolute Gasteiger partial charge is 0.220 e. The van der Waals surface area contributed by atoms with E-state index in [1.54, 1.807) is 0 Å². The first-order valence-corrected chi connectivity index (χ1v) is 5.68. The molecule has 15 heavy (non-hydrogen) atoms. The van der Waals surface area contributed by atoms with Crippen LogP contribution in [0.25, 0.3) is 0 Å². The van der Waals surface area contributed by atoms with E-state index in [-0.39, 0.29) is 19.1 Å². The van der Waals surface area contributed by atoms with E-state index in [9.17, 15) is 4.79 Å². The van der Waals surface area contributed by atoms with E-state index < -0.39 is 5.54 Å². The van der Waals surface area contributed by atoms with Gasteiger partial charge in [-0.25, -0.2) is 0 Å². The summed E-state index contributed by atoms with van der Waals surface area (Å²) in [4.78, 5) is 11.6. The van der Waals surface area contributed by atoms with E-state index in [0.717, 1.165) is 12.8 Å². The zero-order valence-corrected chi connectivity index (χ0v) is 9.33. The summed E-state index contributed by atoms with van der Waals surface area (Å²) in [5, 5.41) is 21.1. The van der Waals surface area contributed by atoms with E-state index in [1.165, 1.54) is 6.42 Å². The summed E-state index contributed by atoms with van der Waals surface area (Å²) in [7, 11) is 0. The predicted octanol–water partition coefficient (Wildman–Crippen LogP) is 0.426. The normalized spacial score (nSPS) is 17.3. The van der Waals surface area contributed by atoms with Crippen molar-refractivity contribution in [1.29, 1.82) is 0 Å². The second kappa shape index (κ2) is 5.47. The van der Waals surface area contributed by atoms with Gasteiger partial charge in [-0.15, -0.1) is 0 Å². The van der Waals surface area contributed by atoms with Crippen molar-refractivity contribution in [2.24, 2.45) is 5.92 Å². The van der Waals surface area contributed by atoms with Gasteiger partial charge in [0.1, 0.15) is 0 Å². The molecule has 0 aliphatic heterocycles. The van der Waals surface area contributed by atoms with Crippen LogP contribution in [0, 0.1) is 5.92 Å². The zero-order chi connectivity index (χ0) is 11.3. The van der Waals surface area contributed by atoms with Crippen LogP contribution in [0.15, 0.2) is 0 Å². The molecule has 0 atom stereocenters. The number of rotatable bonds is 6. The molecule has 88 valence electrons. The van der Waals surface area contributed by atoms with Gasteiger partial charge in [0.15, 0.2) is 0 Å². The fourth-order valence-electron chi connectivity index (χ4n) is 1.75. The lowest BCUT2D eigenvalue weighted by Crippen LogP contribution is -2.54. The standard InChI is InChI=1S/C11H21NO3/c1-2-11(7-13,8-14)12-10(15)6-9-4-3-5-9/h9,13-14H,2-8H2,1H3,(H,12,15). The van der Waals surface area contributed by atoms with E-state index in [4.69, 9.17) is 10.2 Å². The highest BCUT2D eigenvalue weighted by Crippen LogP contribution is 2.29. The Morgan fingerprint density at radius 1 is 1.40 bits per heavy atom. The molecule has 0 radical (unpaired) electrons. The Hall–Kier alpha value is -0.610. The first-order valence-electron chi connectivity index (χ1n) is 5.68. The number of hydrogen-bond acceptors (Lipinski definition) is 3. The Morgan fingerprint density at radius 2 is 2.00 bits per heavy atom. The summed E-state index contributed by atoms with van der Waals surface area (Å²) < 4.78 is 0. The van der Waals surface area contributed by atoms with Crippen LogP contribution in [0.1, 0.15) is 39.0 Å². The number of carbonyl (C=O) groups excluding carboxylic acids is 1. The van der Waals surface area contributed by atoms with Gasteiger partial charge in [-0.05, 0) is 25.2 Å². The van der Waals surface area contributed by atoms with Crippen LogP contribution < -0.4 is 5.32 Å². The average molecular weight is 215 g/mol. The lowest BCUT2D eigenvalue weighted by atomic mass is 9.82. The first-order chi connectivity index (χ1) is 7.15. The molecule has 0 aromatic carbocycles. The highest BCUT2D eigenvalue weighted by atomic mass is 16.3. The van der Waals surface area contributed by atoms with E-state index in [2.05, 4.69) is 5.32 Å². The Kier molecular flexibility index (Phi) is 4.54. The van der Waals surface area contributed by atoms with Crippen molar-refractivity contribution >= 4 is 5.91 Å². The molecule has 1 aliphatic carbocycles. The van der Waals surface area contributed by atoms with Gasteiger partial charge in [0.05, 0.1) is 18.8 Å². The molecule has 0 aromatic rings. The van der Waals surface area contributed by atoms with Crippen LogP contribution in [0.2, 0.25) is 0 Å². The van der Waals surface area contributed by atoms with Crippen molar-refractivity contribution in [2.45, 2.75) is 44.6 Å². The molecule has 1 rings (SSSR count). The minimum atomic E-state index is -0.833. The molecule has 0 unspecified atom stereocenters. The number of hydrogen-bond donors (Lipinski definition) is 3. The summed E-state index contributed by atoms with van der Waals surface area (Å²) in [6.45, 7) is 1.42. The molecule has 0 bridgehead atoms. The highest BCUT2D eigenvalue weighted by Gasteiger charge is 2.30. The maximum Gasteiger partial charge on any atom is 0.220 e. The van der Waals surface area contributed by atoms with Gasteiger partial charge in [-0.2, -0.15) is 0 Å². The van der Waals surface area contributed by atoms with Gasteiger partial charge in [-0.1, -0.05) is 13.3 Å². The monoisotopic (exact) mass is 215 g/mol. The van der Waals surface area contributed by atoms with Gasteiger partial charge < -0.3 is 15.5 Å². The van der Waals surface area contributed by atoms with Crippen LogP contribution >= 0.6 is 0 Å². The van der Waals surface area contributed by atoms with Gasteiger partial charge in [0.25, 0.3) is 0 Å². The van der Waals surface area contributed by atoms with Gasteiger partial charge in [0.2, 0.25) is 5.91 Å². The molecule has 3 N–H and O–H groups in total. The topological polar surface area (TPSA) is 69.6 Å². The van der Waals surface area contributed by atoms with E-state index >= 15 is 0 Å². The van der Waals surface area contributed by atoms with Crippen molar-refractivity contribution in [3.63, 3.8) is 0 Å². The molecule has 4 heteroatoms. The molecule has 1 saturated carbocycles. The molecule has 1 amide bonds. The van der Waals surface area contributed by atoms with Crippen molar-refractivity contribution < 1.29 is 15.0 Å². The molecular weight excluding hydrogens is 194 g/mol. The fourth-order valence-corrected chi connectivity index (χ4v) is 1.75. The van der Waals surface area contributed by atoms with Gasteiger partial charge in [-0.3, -0.25) is 4.79 Å². The summed E-state index contributed by atoms with van der Waals surface area (Å²) >= 11 is 0. The fraction of sp³-hybridized carbons (Fsp3) is 0.909. The molecule has 1 fully saturated rings. The highest BCUT2D eigenvalue weighted by molar-refractivity contribution is 5.77. The Bertz CT molecular complexity index is 202. The minimum absolute atomic E-state index is 0.0512. The molecule has 0 spiro atoms. The molecule has 1 aliphatic rings. The second-order valence-electron chi connectivity index (χ2n) is 4.50. The van der Waals surface area contributed by atoms with Crippen molar-refractivity contribution in [1.82, 2.24) is 5.32 Å². The second-order valence-corrected chi connectivity index (χ2v) is 4.50. The third kappa shape index (κ3) is 3.18. The van der Waals surface area contributed by atoms with E-state index in [1.807, 2.05) is 6.92 Å². The first kappa shape index (κ1) is 12.5. The lowest BCUT2D eigenvalue weighted by molar-refractivity contribution is -0.126. The molecule has 0 saturated heterocycles. The number of carbonyl (C=O) groups is 1. The number of aliphatic hydroxyl groups excluding tert-OH is 2. The van der Waals surface area contributed by atoms with Crippen molar-refractivity contribution in [3.8, 4) is 0 Å². The number of amides is 1. The van der Waals surface area contributed by atoms with Gasteiger partial charge >= 0.3 is 0 Å². The molecule has 0 heterocycles. The van der Waals surface area contributed by atoms with Crippen LogP contribution in [0.5, 0.6) is 0 Å². The summed E-state index contributed by atoms with van der Waals surface area (Å²) in [6, 6.07) is 0. The number of aliphatic hydroxyl groups is 2. The zero-order valence-electron chi connectivity index (χ0n) is 9.33. The summed E-state index contributed by atoms with van der Waals surface area (Å²) in [5.41, 5.74) is -0.833. The molecule has 4 nitrogen and oxygen atoms in total. The predicted molar refractivity (Wildman–Crippen MR) is 57.3 cm³/mol. The SMILES string of the molecule is CCC(CO)(CO)NC(=O)CC1CCC1. The van der Waals surface area contributed by atoms with Crippen LogP contribution in [-0.2, 0) is 4.79 Å². The molecular formula is C11H21NO3. The van der Waals surface area contributed by atoms with Crippen molar-refractivity contribution in [3.05, 3.63) is 0 Å².